The minimum atomic E-state index is 0.801. The third-order valence-electron chi connectivity index (χ3n) is 4.68. The Hall–Kier alpha value is -1.84. The number of para-hydroxylation sites is 1. The quantitative estimate of drug-likeness (QED) is 0.724. The first-order valence-corrected chi connectivity index (χ1v) is 8.98. The van der Waals surface area contributed by atoms with Crippen LogP contribution in [0.25, 0.3) is 0 Å². The van der Waals surface area contributed by atoms with Crippen molar-refractivity contribution in [3.63, 3.8) is 0 Å². The minimum Gasteiger partial charge on any atom is -0.493 e. The summed E-state index contributed by atoms with van der Waals surface area (Å²) in [6, 6.07) is 19.0. The molecule has 0 N–H and O–H groups in total. The van der Waals surface area contributed by atoms with Crippen molar-refractivity contribution in [3.8, 4) is 5.75 Å². The summed E-state index contributed by atoms with van der Waals surface area (Å²) in [5, 5.41) is 0. The molecule has 0 aliphatic carbocycles. The van der Waals surface area contributed by atoms with E-state index in [4.69, 9.17) is 4.74 Å². The van der Waals surface area contributed by atoms with Gasteiger partial charge < -0.3 is 9.64 Å². The van der Waals surface area contributed by atoms with Crippen molar-refractivity contribution in [1.29, 1.82) is 0 Å². The Morgan fingerprint density at radius 3 is 2.25 bits per heavy atom. The molecule has 2 aromatic carbocycles. The van der Waals surface area contributed by atoms with E-state index in [0.717, 1.165) is 58.0 Å². The van der Waals surface area contributed by atoms with Crippen molar-refractivity contribution in [2.24, 2.45) is 0 Å². The van der Waals surface area contributed by atoms with Crippen molar-refractivity contribution >= 4 is 0 Å². The lowest BCUT2D eigenvalue weighted by molar-refractivity contribution is 0.121. The molecule has 0 saturated carbocycles. The average molecular weight is 324 g/mol. The van der Waals surface area contributed by atoms with Gasteiger partial charge in [-0.05, 0) is 30.5 Å². The van der Waals surface area contributed by atoms with Crippen LogP contribution in [0.15, 0.2) is 54.6 Å². The molecule has 1 aliphatic heterocycles. The van der Waals surface area contributed by atoms with Gasteiger partial charge in [-0.25, -0.2) is 0 Å². The number of piperazine rings is 1. The highest BCUT2D eigenvalue weighted by Gasteiger charge is 2.16. The summed E-state index contributed by atoms with van der Waals surface area (Å²) < 4.78 is 5.89. The van der Waals surface area contributed by atoms with Crippen LogP contribution in [-0.2, 0) is 6.54 Å². The maximum atomic E-state index is 5.89. The molecular formula is C21H28N2O. The third-order valence-corrected chi connectivity index (χ3v) is 4.68. The predicted octanol–water partition coefficient (Wildman–Crippen LogP) is 3.58. The van der Waals surface area contributed by atoms with Crippen LogP contribution in [0.1, 0.15) is 17.5 Å². The van der Waals surface area contributed by atoms with E-state index in [-0.39, 0.29) is 0 Å². The smallest absolute Gasteiger partial charge is 0.122 e. The molecule has 0 unspecified atom stereocenters. The van der Waals surface area contributed by atoms with E-state index in [1.54, 1.807) is 0 Å². The fourth-order valence-corrected chi connectivity index (χ4v) is 3.20. The second-order valence-electron chi connectivity index (χ2n) is 6.57. The Morgan fingerprint density at radius 1 is 0.833 bits per heavy atom. The van der Waals surface area contributed by atoms with E-state index >= 15 is 0 Å². The Morgan fingerprint density at radius 2 is 1.50 bits per heavy atom. The van der Waals surface area contributed by atoms with E-state index < -0.39 is 0 Å². The molecule has 1 heterocycles. The zero-order valence-electron chi connectivity index (χ0n) is 14.7. The van der Waals surface area contributed by atoms with E-state index in [1.807, 2.05) is 6.07 Å². The van der Waals surface area contributed by atoms with Crippen LogP contribution in [0.3, 0.4) is 0 Å². The van der Waals surface area contributed by atoms with Gasteiger partial charge >= 0.3 is 0 Å². The van der Waals surface area contributed by atoms with Gasteiger partial charge in [-0.1, -0.05) is 48.5 Å². The molecule has 0 amide bonds. The van der Waals surface area contributed by atoms with Gasteiger partial charge in [0.2, 0.25) is 0 Å². The lowest BCUT2D eigenvalue weighted by Crippen LogP contribution is -2.46. The van der Waals surface area contributed by atoms with Crippen LogP contribution in [0.5, 0.6) is 5.75 Å². The van der Waals surface area contributed by atoms with E-state index in [0.29, 0.717) is 0 Å². The van der Waals surface area contributed by atoms with Crippen molar-refractivity contribution in [3.05, 3.63) is 65.7 Å². The van der Waals surface area contributed by atoms with Crippen LogP contribution < -0.4 is 4.74 Å². The molecule has 24 heavy (non-hydrogen) atoms. The molecule has 3 nitrogen and oxygen atoms in total. The lowest BCUT2D eigenvalue weighted by Gasteiger charge is -2.34. The minimum absolute atomic E-state index is 0.801. The zero-order valence-corrected chi connectivity index (χ0v) is 14.7. The standard InChI is InChI=1S/C21H28N2O/c1-19-8-5-6-11-21(19)24-17-7-12-22-13-15-23(16-14-22)18-20-9-3-2-4-10-20/h2-6,8-11H,7,12-18H2,1H3. The number of rotatable bonds is 7. The van der Waals surface area contributed by atoms with Crippen molar-refractivity contribution in [1.82, 2.24) is 9.80 Å². The Kier molecular flexibility index (Phi) is 6.27. The Bertz CT molecular complexity index is 606. The molecule has 1 saturated heterocycles. The van der Waals surface area contributed by atoms with Crippen LogP contribution in [0.4, 0.5) is 0 Å². The molecule has 128 valence electrons. The molecule has 0 radical (unpaired) electrons. The second kappa shape index (κ2) is 8.86. The van der Waals surface area contributed by atoms with Gasteiger partial charge in [-0.3, -0.25) is 4.90 Å². The van der Waals surface area contributed by atoms with Gasteiger partial charge in [-0.2, -0.15) is 0 Å². The number of hydrogen-bond acceptors (Lipinski definition) is 3. The summed E-state index contributed by atoms with van der Waals surface area (Å²) in [5.74, 6) is 1.02. The van der Waals surface area contributed by atoms with Gasteiger partial charge in [0.15, 0.2) is 0 Å². The van der Waals surface area contributed by atoms with Crippen LogP contribution in [0, 0.1) is 6.92 Å². The summed E-state index contributed by atoms with van der Waals surface area (Å²) in [6.45, 7) is 9.75. The molecule has 0 aromatic heterocycles. The van der Waals surface area contributed by atoms with Gasteiger partial charge in [-0.15, -0.1) is 0 Å². The van der Waals surface area contributed by atoms with Gasteiger partial charge in [0.05, 0.1) is 6.61 Å². The zero-order chi connectivity index (χ0) is 16.6. The van der Waals surface area contributed by atoms with Gasteiger partial charge in [0, 0.05) is 39.3 Å². The first kappa shape index (κ1) is 17.0. The number of ether oxygens (including phenoxy) is 1. The highest BCUT2D eigenvalue weighted by molar-refractivity contribution is 5.31. The molecule has 3 rings (SSSR count). The number of nitrogens with zero attached hydrogens (tertiary/aromatic N) is 2. The van der Waals surface area contributed by atoms with Crippen molar-refractivity contribution in [2.75, 3.05) is 39.3 Å². The summed E-state index contributed by atoms with van der Waals surface area (Å²) >= 11 is 0. The summed E-state index contributed by atoms with van der Waals surface area (Å²) in [6.07, 6.45) is 1.09. The largest absolute Gasteiger partial charge is 0.493 e. The predicted molar refractivity (Wildman–Crippen MR) is 99.5 cm³/mol. The SMILES string of the molecule is Cc1ccccc1OCCCN1CCN(Cc2ccccc2)CC1. The second-order valence-corrected chi connectivity index (χ2v) is 6.57. The first-order valence-electron chi connectivity index (χ1n) is 8.98. The van der Waals surface area contributed by atoms with Crippen molar-refractivity contribution in [2.45, 2.75) is 19.9 Å². The fourth-order valence-electron chi connectivity index (χ4n) is 3.20. The molecule has 0 bridgehead atoms. The van der Waals surface area contributed by atoms with Crippen molar-refractivity contribution < 1.29 is 4.74 Å². The summed E-state index contributed by atoms with van der Waals surface area (Å²) in [4.78, 5) is 5.11. The molecule has 0 atom stereocenters. The molecule has 1 aliphatic rings. The topological polar surface area (TPSA) is 15.7 Å². The van der Waals surface area contributed by atoms with Crippen LogP contribution in [0.2, 0.25) is 0 Å². The fraction of sp³-hybridized carbons (Fsp3) is 0.429. The number of aryl methyl sites for hydroxylation is 1. The van der Waals surface area contributed by atoms with Gasteiger partial charge in [0.25, 0.3) is 0 Å². The third kappa shape index (κ3) is 5.08. The molecule has 2 aromatic rings. The first-order chi connectivity index (χ1) is 11.8. The summed E-state index contributed by atoms with van der Waals surface area (Å²) in [5.41, 5.74) is 2.63. The Labute approximate surface area is 145 Å². The maximum Gasteiger partial charge on any atom is 0.122 e. The average Bonchev–Trinajstić information content (AvgIpc) is 2.62. The van der Waals surface area contributed by atoms with E-state index in [1.165, 1.54) is 11.1 Å². The normalized spacial score (nSPS) is 16.2. The van der Waals surface area contributed by atoms with Gasteiger partial charge in [0.1, 0.15) is 5.75 Å². The highest BCUT2D eigenvalue weighted by Crippen LogP contribution is 2.16. The highest BCUT2D eigenvalue weighted by atomic mass is 16.5. The van der Waals surface area contributed by atoms with Crippen LogP contribution in [-0.4, -0.2) is 49.1 Å². The molecule has 1 fully saturated rings. The van der Waals surface area contributed by atoms with E-state index in [9.17, 15) is 0 Å². The van der Waals surface area contributed by atoms with Crippen LogP contribution >= 0.6 is 0 Å². The Balaban J connectivity index is 1.32. The summed E-state index contributed by atoms with van der Waals surface area (Å²) in [7, 11) is 0. The lowest BCUT2D eigenvalue weighted by atomic mass is 10.2. The molecule has 0 spiro atoms. The molecular weight excluding hydrogens is 296 g/mol. The number of hydrogen-bond donors (Lipinski definition) is 0. The maximum absolute atomic E-state index is 5.89. The van der Waals surface area contributed by atoms with E-state index in [2.05, 4.69) is 65.3 Å². The monoisotopic (exact) mass is 324 g/mol. The molecule has 3 heteroatoms. The number of benzene rings is 2.